The zero-order chi connectivity index (χ0) is 26.1. The van der Waals surface area contributed by atoms with E-state index in [1.54, 1.807) is 35.2 Å². The quantitative estimate of drug-likeness (QED) is 0.328. The summed E-state index contributed by atoms with van der Waals surface area (Å²) in [4.78, 5) is 28.6. The Morgan fingerprint density at radius 1 is 0.944 bits per heavy atom. The lowest BCUT2D eigenvalue weighted by Gasteiger charge is -2.31. The molecule has 0 radical (unpaired) electrons. The highest BCUT2D eigenvalue weighted by Gasteiger charge is 2.30. The summed E-state index contributed by atoms with van der Waals surface area (Å²) < 4.78 is 5.82. The molecule has 0 aliphatic carbocycles. The molecule has 2 amide bonds. The fourth-order valence-electron chi connectivity index (χ4n) is 3.70. The fourth-order valence-corrected chi connectivity index (χ4v) is 3.94. The Balaban J connectivity index is 1.89. The number of hydrogen-bond donors (Lipinski definition) is 1. The lowest BCUT2D eigenvalue weighted by Crippen LogP contribution is -2.52. The molecule has 0 aromatic heterocycles. The third-order valence-electron chi connectivity index (χ3n) is 5.71. The van der Waals surface area contributed by atoms with Crippen LogP contribution in [0.5, 0.6) is 5.75 Å². The number of amides is 2. The topological polar surface area (TPSA) is 58.6 Å². The molecule has 0 aliphatic heterocycles. The predicted molar refractivity (Wildman–Crippen MR) is 145 cm³/mol. The smallest absolute Gasteiger partial charge is 0.261 e. The molecule has 190 valence electrons. The minimum absolute atomic E-state index is 0.197. The van der Waals surface area contributed by atoms with Gasteiger partial charge >= 0.3 is 0 Å². The molecule has 0 bridgehead atoms. The Labute approximate surface area is 223 Å². The molecule has 0 fully saturated rings. The molecule has 0 heterocycles. The lowest BCUT2D eigenvalue weighted by atomic mass is 10.0. The molecule has 0 aliphatic rings. The first kappa shape index (κ1) is 27.6. The predicted octanol–water partition coefficient (Wildman–Crippen LogP) is 6.09. The minimum Gasteiger partial charge on any atom is -0.484 e. The van der Waals surface area contributed by atoms with Gasteiger partial charge in [-0.25, -0.2) is 0 Å². The molecular formula is C29H32Cl2N2O3. The van der Waals surface area contributed by atoms with Gasteiger partial charge in [0.25, 0.3) is 5.91 Å². The van der Waals surface area contributed by atoms with Crippen molar-refractivity contribution in [1.29, 1.82) is 0 Å². The number of benzene rings is 3. The molecule has 0 saturated heterocycles. The van der Waals surface area contributed by atoms with E-state index < -0.39 is 6.04 Å². The van der Waals surface area contributed by atoms with Gasteiger partial charge in [-0.15, -0.1) is 0 Å². The zero-order valence-electron chi connectivity index (χ0n) is 20.8. The molecule has 5 nitrogen and oxygen atoms in total. The van der Waals surface area contributed by atoms with E-state index in [0.29, 0.717) is 28.8 Å². The number of aryl methyl sites for hydroxylation is 1. The highest BCUT2D eigenvalue weighted by Crippen LogP contribution is 2.22. The molecule has 3 aromatic carbocycles. The number of halogens is 2. The van der Waals surface area contributed by atoms with Crippen LogP contribution in [0.15, 0.2) is 72.8 Å². The second kappa shape index (κ2) is 13.3. The maximum atomic E-state index is 13.6. The molecule has 1 atom stereocenters. The molecule has 36 heavy (non-hydrogen) atoms. The summed E-state index contributed by atoms with van der Waals surface area (Å²) in [6.07, 6.45) is 0.379. The molecule has 3 rings (SSSR count). The van der Waals surface area contributed by atoms with Gasteiger partial charge in [-0.3, -0.25) is 9.59 Å². The van der Waals surface area contributed by atoms with Crippen molar-refractivity contribution in [1.82, 2.24) is 10.2 Å². The van der Waals surface area contributed by atoms with E-state index in [4.69, 9.17) is 27.9 Å². The van der Waals surface area contributed by atoms with Crippen molar-refractivity contribution >= 4 is 35.0 Å². The summed E-state index contributed by atoms with van der Waals surface area (Å²) >= 11 is 12.2. The number of ether oxygens (including phenoxy) is 1. The van der Waals surface area contributed by atoms with E-state index >= 15 is 0 Å². The van der Waals surface area contributed by atoms with E-state index in [9.17, 15) is 9.59 Å². The van der Waals surface area contributed by atoms with Gasteiger partial charge in [-0.1, -0.05) is 79.5 Å². The number of nitrogens with zero attached hydrogens (tertiary/aromatic N) is 1. The van der Waals surface area contributed by atoms with Crippen LogP contribution in [0.1, 0.15) is 30.5 Å². The molecule has 3 aromatic rings. The molecule has 0 unspecified atom stereocenters. The van der Waals surface area contributed by atoms with Crippen molar-refractivity contribution in [2.24, 2.45) is 5.92 Å². The minimum atomic E-state index is -0.718. The van der Waals surface area contributed by atoms with Gasteiger partial charge in [0.1, 0.15) is 11.8 Å². The van der Waals surface area contributed by atoms with Gasteiger partial charge in [0, 0.05) is 29.6 Å². The van der Waals surface area contributed by atoms with Crippen LogP contribution in [0.3, 0.4) is 0 Å². The zero-order valence-corrected chi connectivity index (χ0v) is 22.4. The van der Waals surface area contributed by atoms with E-state index in [1.165, 1.54) is 0 Å². The fraction of sp³-hybridized carbons (Fsp3) is 0.310. The summed E-state index contributed by atoms with van der Waals surface area (Å²) in [7, 11) is 0. The Bertz CT molecular complexity index is 1150. The first-order valence-corrected chi connectivity index (χ1v) is 12.7. The lowest BCUT2D eigenvalue weighted by molar-refractivity contribution is -0.142. The second-order valence-electron chi connectivity index (χ2n) is 9.19. The van der Waals surface area contributed by atoms with Gasteiger partial charge in [0.05, 0.1) is 0 Å². The van der Waals surface area contributed by atoms with Crippen LogP contribution in [0.25, 0.3) is 0 Å². The van der Waals surface area contributed by atoms with Crippen LogP contribution < -0.4 is 10.1 Å². The average Bonchev–Trinajstić information content (AvgIpc) is 2.87. The summed E-state index contributed by atoms with van der Waals surface area (Å²) in [6.45, 7) is 6.49. The normalized spacial score (nSPS) is 11.7. The highest BCUT2D eigenvalue weighted by atomic mass is 35.5. The Morgan fingerprint density at radius 2 is 1.64 bits per heavy atom. The van der Waals surface area contributed by atoms with E-state index in [0.717, 1.165) is 16.7 Å². The largest absolute Gasteiger partial charge is 0.484 e. The van der Waals surface area contributed by atoms with Crippen molar-refractivity contribution in [3.8, 4) is 5.75 Å². The standard InChI is InChI=1S/C29H32Cl2N2O3/c1-20(2)17-32-29(35)27(16-22-7-5-4-6-8-22)33(18-23-9-11-24(30)12-10-23)28(34)19-36-25-13-14-26(31)21(3)15-25/h4-15,20,27H,16-19H2,1-3H3,(H,32,35)/t27-/m1/s1. The van der Waals surface area contributed by atoms with Crippen molar-refractivity contribution in [2.75, 3.05) is 13.2 Å². The number of rotatable bonds is 11. The van der Waals surface area contributed by atoms with Crippen molar-refractivity contribution in [3.63, 3.8) is 0 Å². The van der Waals surface area contributed by atoms with Crippen LogP contribution in [-0.4, -0.2) is 35.9 Å². The van der Waals surface area contributed by atoms with Gasteiger partial charge in [-0.05, 0) is 59.9 Å². The first-order chi connectivity index (χ1) is 17.2. The van der Waals surface area contributed by atoms with Crippen molar-refractivity contribution < 1.29 is 14.3 Å². The number of carbonyl (C=O) groups excluding carboxylic acids is 2. The molecule has 0 spiro atoms. The van der Waals surface area contributed by atoms with Crippen LogP contribution in [-0.2, 0) is 22.6 Å². The SMILES string of the molecule is Cc1cc(OCC(=O)N(Cc2ccc(Cl)cc2)[C@H](Cc2ccccc2)C(=O)NCC(C)C)ccc1Cl. The first-order valence-electron chi connectivity index (χ1n) is 12.0. The van der Waals surface area contributed by atoms with Gasteiger partial charge in [-0.2, -0.15) is 0 Å². The molecule has 1 N–H and O–H groups in total. The average molecular weight is 527 g/mol. The van der Waals surface area contributed by atoms with Crippen LogP contribution in [0.4, 0.5) is 0 Å². The van der Waals surface area contributed by atoms with Crippen LogP contribution in [0.2, 0.25) is 10.0 Å². The summed E-state index contributed by atoms with van der Waals surface area (Å²) in [5, 5.41) is 4.24. The monoisotopic (exact) mass is 526 g/mol. The third kappa shape index (κ3) is 8.28. The van der Waals surface area contributed by atoms with E-state index in [2.05, 4.69) is 5.32 Å². The second-order valence-corrected chi connectivity index (χ2v) is 10.0. The van der Waals surface area contributed by atoms with Crippen molar-refractivity contribution in [2.45, 2.75) is 39.8 Å². The highest BCUT2D eigenvalue weighted by molar-refractivity contribution is 6.31. The maximum Gasteiger partial charge on any atom is 0.261 e. The number of hydrogen-bond acceptors (Lipinski definition) is 3. The Morgan fingerprint density at radius 3 is 2.28 bits per heavy atom. The van der Waals surface area contributed by atoms with Crippen LogP contribution >= 0.6 is 23.2 Å². The van der Waals surface area contributed by atoms with Crippen LogP contribution in [0, 0.1) is 12.8 Å². The Kier molecular flexibility index (Phi) is 10.2. The number of carbonyl (C=O) groups is 2. The maximum absolute atomic E-state index is 13.6. The summed E-state index contributed by atoms with van der Waals surface area (Å²) in [5.74, 6) is 0.333. The summed E-state index contributed by atoms with van der Waals surface area (Å²) in [5.41, 5.74) is 2.69. The van der Waals surface area contributed by atoms with E-state index in [-0.39, 0.29) is 30.9 Å². The molecule has 0 saturated carbocycles. The summed E-state index contributed by atoms with van der Waals surface area (Å²) in [6, 6.07) is 21.5. The Hall–Kier alpha value is -3.02. The molecular weight excluding hydrogens is 495 g/mol. The number of nitrogens with one attached hydrogen (secondary N) is 1. The molecule has 7 heteroatoms. The van der Waals surface area contributed by atoms with Gasteiger partial charge in [0.2, 0.25) is 5.91 Å². The van der Waals surface area contributed by atoms with Gasteiger partial charge < -0.3 is 15.0 Å². The van der Waals surface area contributed by atoms with Gasteiger partial charge in [0.15, 0.2) is 6.61 Å². The van der Waals surface area contributed by atoms with Crippen molar-refractivity contribution in [3.05, 3.63) is 99.5 Å². The van der Waals surface area contributed by atoms with E-state index in [1.807, 2.05) is 63.2 Å². The third-order valence-corrected chi connectivity index (χ3v) is 6.39.